The average molecular weight is 122 g/mol. The molecule has 1 heterocycles. The standard InChI is InChI=1S/C7H8N2/c1-4-6-5-7(2,3)9-8-6/h1,5H,2-3H3/i1D,5D. The van der Waals surface area contributed by atoms with Crippen molar-refractivity contribution in [1.29, 1.82) is 0 Å². The summed E-state index contributed by atoms with van der Waals surface area (Å²) in [5, 5.41) is 7.51. The minimum absolute atomic E-state index is 0.289. The topological polar surface area (TPSA) is 24.7 Å². The van der Waals surface area contributed by atoms with Crippen molar-refractivity contribution < 1.29 is 2.74 Å². The Labute approximate surface area is 57.5 Å². The highest BCUT2D eigenvalue weighted by Crippen LogP contribution is 2.21. The molecule has 0 amide bonds. The number of rotatable bonds is 0. The van der Waals surface area contributed by atoms with E-state index in [-0.39, 0.29) is 6.05 Å². The maximum Gasteiger partial charge on any atom is 0.133 e. The fourth-order valence-electron chi connectivity index (χ4n) is 0.571. The summed E-state index contributed by atoms with van der Waals surface area (Å²) in [4.78, 5) is 0. The fraction of sp³-hybridized carbons (Fsp3) is 0.429. The van der Waals surface area contributed by atoms with Crippen molar-refractivity contribution in [2.75, 3.05) is 0 Å². The third kappa shape index (κ3) is 1.17. The summed E-state index contributed by atoms with van der Waals surface area (Å²) < 4.78 is 14.1. The van der Waals surface area contributed by atoms with Crippen molar-refractivity contribution in [1.82, 2.24) is 0 Å². The Bertz CT molecular complexity index is 291. The minimum Gasteiger partial charge on any atom is -0.178 e. The highest BCUT2D eigenvalue weighted by molar-refractivity contribution is 5.29. The van der Waals surface area contributed by atoms with E-state index in [0.29, 0.717) is 5.70 Å². The van der Waals surface area contributed by atoms with E-state index < -0.39 is 5.54 Å². The summed E-state index contributed by atoms with van der Waals surface area (Å²) >= 11 is 0. The highest BCUT2D eigenvalue weighted by atomic mass is 15.2. The summed E-state index contributed by atoms with van der Waals surface area (Å²) in [7, 11) is 0. The SMILES string of the molecule is [2H]C#CC1=C([2H])C(C)(C)N=N1. The Balaban J connectivity index is 3.06. The van der Waals surface area contributed by atoms with E-state index in [1.165, 1.54) is 0 Å². The lowest BCUT2D eigenvalue weighted by Crippen LogP contribution is -2.07. The third-order valence-electron chi connectivity index (χ3n) is 0.943. The van der Waals surface area contributed by atoms with Crippen LogP contribution in [0.25, 0.3) is 0 Å². The average Bonchev–Trinajstić information content (AvgIpc) is 2.17. The fourth-order valence-corrected chi connectivity index (χ4v) is 0.571. The molecule has 0 N–H and O–H groups in total. The second-order valence-electron chi connectivity index (χ2n) is 2.36. The molecule has 0 saturated heterocycles. The van der Waals surface area contributed by atoms with Crippen LogP contribution >= 0.6 is 0 Å². The lowest BCUT2D eigenvalue weighted by Gasteiger charge is -2.04. The zero-order chi connectivity index (χ0) is 8.48. The van der Waals surface area contributed by atoms with E-state index in [9.17, 15) is 0 Å². The maximum absolute atomic E-state index is 7.50. The van der Waals surface area contributed by atoms with Crippen LogP contribution in [0.1, 0.15) is 16.6 Å². The number of nitrogens with zero attached hydrogens (tertiary/aromatic N) is 2. The van der Waals surface area contributed by atoms with Crippen molar-refractivity contribution in [3.05, 3.63) is 11.7 Å². The Hall–Kier alpha value is -1.10. The normalized spacial score (nSPS) is 24.7. The molecule has 46 valence electrons. The van der Waals surface area contributed by atoms with Gasteiger partial charge in [0.15, 0.2) is 0 Å². The van der Waals surface area contributed by atoms with Gasteiger partial charge >= 0.3 is 0 Å². The smallest absolute Gasteiger partial charge is 0.133 e. The van der Waals surface area contributed by atoms with Gasteiger partial charge in [0.05, 0.1) is 6.91 Å². The van der Waals surface area contributed by atoms with Gasteiger partial charge in [-0.3, -0.25) is 0 Å². The molecular formula is C7H8N2. The molecule has 0 radical (unpaired) electrons. The van der Waals surface area contributed by atoms with Gasteiger partial charge in [0, 0.05) is 0 Å². The van der Waals surface area contributed by atoms with Crippen LogP contribution < -0.4 is 0 Å². The van der Waals surface area contributed by atoms with Crippen LogP contribution in [-0.4, -0.2) is 5.54 Å². The van der Waals surface area contributed by atoms with Crippen molar-refractivity contribution >= 4 is 0 Å². The Kier molecular flexibility index (Phi) is 0.723. The second kappa shape index (κ2) is 1.70. The van der Waals surface area contributed by atoms with Crippen LogP contribution in [-0.2, 0) is 0 Å². The number of azo groups is 1. The molecule has 0 aromatic carbocycles. The van der Waals surface area contributed by atoms with Crippen molar-refractivity contribution in [2.24, 2.45) is 10.2 Å². The summed E-state index contributed by atoms with van der Waals surface area (Å²) in [6.07, 6.45) is 1.95. The summed E-state index contributed by atoms with van der Waals surface area (Å²) in [6, 6.07) is 0.289. The van der Waals surface area contributed by atoms with E-state index in [1.54, 1.807) is 13.8 Å². The first-order chi connectivity index (χ1) is 5.08. The lowest BCUT2D eigenvalue weighted by atomic mass is 10.1. The van der Waals surface area contributed by atoms with Crippen molar-refractivity contribution in [3.8, 4) is 12.3 Å². The molecule has 1 rings (SSSR count). The van der Waals surface area contributed by atoms with Gasteiger partial charge in [-0.25, -0.2) is 0 Å². The van der Waals surface area contributed by atoms with Crippen molar-refractivity contribution in [3.63, 3.8) is 0 Å². The zero-order valence-electron chi connectivity index (χ0n) is 7.39. The molecule has 0 spiro atoms. The van der Waals surface area contributed by atoms with Crippen molar-refractivity contribution in [2.45, 2.75) is 19.4 Å². The quantitative estimate of drug-likeness (QED) is 0.437. The van der Waals surface area contributed by atoms with E-state index in [2.05, 4.69) is 16.1 Å². The molecule has 2 heteroatoms. The Morgan fingerprint density at radius 1 is 2.00 bits per heavy atom. The predicted molar refractivity (Wildman–Crippen MR) is 35.9 cm³/mol. The van der Waals surface area contributed by atoms with E-state index in [0.717, 1.165) is 0 Å². The molecule has 0 bridgehead atoms. The van der Waals surface area contributed by atoms with E-state index in [1.807, 2.05) is 6.40 Å². The molecule has 1 aliphatic heterocycles. The van der Waals surface area contributed by atoms with Gasteiger partial charge in [-0.05, 0) is 25.8 Å². The molecule has 9 heavy (non-hydrogen) atoms. The van der Waals surface area contributed by atoms with E-state index in [4.69, 9.17) is 2.74 Å². The highest BCUT2D eigenvalue weighted by Gasteiger charge is 2.18. The van der Waals surface area contributed by atoms with Crippen LogP contribution in [0.15, 0.2) is 22.0 Å². The lowest BCUT2D eigenvalue weighted by molar-refractivity contribution is 0.644. The Morgan fingerprint density at radius 2 is 2.78 bits per heavy atom. The summed E-state index contributed by atoms with van der Waals surface area (Å²) in [6.45, 7) is 3.58. The molecule has 1 aliphatic rings. The van der Waals surface area contributed by atoms with Crippen LogP contribution in [0.2, 0.25) is 0 Å². The van der Waals surface area contributed by atoms with Gasteiger partial charge in [-0.15, -0.1) is 11.5 Å². The zero-order valence-corrected chi connectivity index (χ0v) is 5.39. The first-order valence-electron chi connectivity index (χ1n) is 3.65. The molecule has 0 fully saturated rings. The second-order valence-corrected chi connectivity index (χ2v) is 2.36. The van der Waals surface area contributed by atoms with Gasteiger partial charge < -0.3 is 0 Å². The van der Waals surface area contributed by atoms with Crippen LogP contribution in [0.4, 0.5) is 0 Å². The third-order valence-corrected chi connectivity index (χ3v) is 0.943. The van der Waals surface area contributed by atoms with E-state index >= 15 is 0 Å². The van der Waals surface area contributed by atoms with Gasteiger partial charge in [0.25, 0.3) is 0 Å². The monoisotopic (exact) mass is 122 g/mol. The molecule has 0 atom stereocenters. The number of allylic oxidation sites excluding steroid dienone is 1. The van der Waals surface area contributed by atoms with Crippen LogP contribution in [0.3, 0.4) is 0 Å². The minimum atomic E-state index is -0.556. The molecular weight excluding hydrogens is 112 g/mol. The molecule has 2 nitrogen and oxygen atoms in total. The maximum atomic E-state index is 7.50. The van der Waals surface area contributed by atoms with Gasteiger partial charge in [0.1, 0.15) is 7.07 Å². The number of hydrogen-bond donors (Lipinski definition) is 0. The first kappa shape index (κ1) is 3.84. The predicted octanol–water partition coefficient (Wildman–Crippen LogP) is 1.75. The van der Waals surface area contributed by atoms with Crippen LogP contribution in [0.5, 0.6) is 0 Å². The Morgan fingerprint density at radius 3 is 3.22 bits per heavy atom. The number of terminal acetylenes is 1. The number of hydrogen-bond acceptors (Lipinski definition) is 2. The largest absolute Gasteiger partial charge is 0.178 e. The molecule has 0 aromatic heterocycles. The molecule has 0 unspecified atom stereocenters. The van der Waals surface area contributed by atoms with Gasteiger partial charge in [-0.1, -0.05) is 0 Å². The van der Waals surface area contributed by atoms with Crippen LogP contribution in [0, 0.1) is 12.3 Å². The molecule has 0 aliphatic carbocycles. The first-order valence-corrected chi connectivity index (χ1v) is 2.65. The van der Waals surface area contributed by atoms with Gasteiger partial charge in [0.2, 0.25) is 0 Å². The molecule has 0 aromatic rings. The molecule has 0 saturated carbocycles. The summed E-state index contributed by atoms with van der Waals surface area (Å²) in [5.74, 6) is 2.40. The summed E-state index contributed by atoms with van der Waals surface area (Å²) in [5.41, 5.74) is -0.246. The van der Waals surface area contributed by atoms with Gasteiger partial charge in [-0.2, -0.15) is 5.11 Å².